The Morgan fingerprint density at radius 2 is 2.00 bits per heavy atom. The van der Waals surface area contributed by atoms with Gasteiger partial charge in [0.2, 0.25) is 5.91 Å². The van der Waals surface area contributed by atoms with Crippen molar-refractivity contribution < 1.29 is 9.53 Å². The summed E-state index contributed by atoms with van der Waals surface area (Å²) in [5, 5.41) is 3.45. The molecule has 0 radical (unpaired) electrons. The molecule has 4 heteroatoms. The normalized spacial score (nSPS) is 26.1. The van der Waals surface area contributed by atoms with Gasteiger partial charge in [0.25, 0.3) is 0 Å². The van der Waals surface area contributed by atoms with Crippen LogP contribution in [0.2, 0.25) is 0 Å². The summed E-state index contributed by atoms with van der Waals surface area (Å²) in [5.74, 6) is 0.631. The number of hydrogen-bond acceptors (Lipinski definition) is 3. The van der Waals surface area contributed by atoms with Gasteiger partial charge in [-0.15, -0.1) is 0 Å². The number of hydrogen-bond donors (Lipinski definition) is 1. The van der Waals surface area contributed by atoms with Crippen LogP contribution in [0.3, 0.4) is 0 Å². The lowest BCUT2D eigenvalue weighted by molar-refractivity contribution is -0.131. The zero-order valence-electron chi connectivity index (χ0n) is 12.4. The second-order valence-electron chi connectivity index (χ2n) is 5.41. The number of ether oxygens (including phenoxy) is 1. The third-order valence-corrected chi connectivity index (χ3v) is 3.68. The van der Waals surface area contributed by atoms with Gasteiger partial charge in [-0.05, 0) is 26.2 Å². The number of amides is 1. The van der Waals surface area contributed by atoms with Gasteiger partial charge in [0.1, 0.15) is 0 Å². The maximum Gasteiger partial charge on any atom is 0.241 e. The zero-order valence-corrected chi connectivity index (χ0v) is 12.4. The van der Waals surface area contributed by atoms with Crippen LogP contribution < -0.4 is 5.32 Å². The van der Waals surface area contributed by atoms with Gasteiger partial charge in [-0.3, -0.25) is 10.1 Å². The van der Waals surface area contributed by atoms with Gasteiger partial charge in [-0.1, -0.05) is 27.2 Å². The van der Waals surface area contributed by atoms with Gasteiger partial charge in [0.15, 0.2) is 0 Å². The summed E-state index contributed by atoms with van der Waals surface area (Å²) in [6.07, 6.45) is 2.37. The first-order valence-corrected chi connectivity index (χ1v) is 7.19. The molecule has 1 amide bonds. The van der Waals surface area contributed by atoms with E-state index in [-0.39, 0.29) is 24.2 Å². The molecule has 1 fully saturated rings. The summed E-state index contributed by atoms with van der Waals surface area (Å²) < 4.78 is 5.55. The summed E-state index contributed by atoms with van der Waals surface area (Å²) in [4.78, 5) is 14.3. The largest absolute Gasteiger partial charge is 0.377 e. The van der Waals surface area contributed by atoms with Crippen LogP contribution in [-0.4, -0.2) is 42.3 Å². The van der Waals surface area contributed by atoms with Crippen molar-refractivity contribution in [1.29, 1.82) is 0 Å². The minimum Gasteiger partial charge on any atom is -0.377 e. The number of rotatable bonds is 7. The predicted octanol–water partition coefficient (Wildman–Crippen LogP) is 1.99. The summed E-state index contributed by atoms with van der Waals surface area (Å²) >= 11 is 0. The summed E-state index contributed by atoms with van der Waals surface area (Å²) in [5.41, 5.74) is 0. The molecule has 3 unspecified atom stereocenters. The van der Waals surface area contributed by atoms with Crippen molar-refractivity contribution in [3.05, 3.63) is 0 Å². The van der Waals surface area contributed by atoms with Crippen LogP contribution in [0.1, 0.15) is 47.5 Å². The third kappa shape index (κ3) is 3.69. The van der Waals surface area contributed by atoms with Gasteiger partial charge in [-0.2, -0.15) is 0 Å². The highest BCUT2D eigenvalue weighted by molar-refractivity contribution is 5.84. The Hall–Kier alpha value is -0.610. The van der Waals surface area contributed by atoms with Crippen molar-refractivity contribution in [3.8, 4) is 0 Å². The van der Waals surface area contributed by atoms with Crippen molar-refractivity contribution >= 4 is 5.91 Å². The minimum absolute atomic E-state index is 0.0148. The van der Waals surface area contributed by atoms with Gasteiger partial charge >= 0.3 is 0 Å². The Morgan fingerprint density at radius 3 is 2.50 bits per heavy atom. The molecule has 106 valence electrons. The Balaban J connectivity index is 2.56. The molecule has 1 rings (SSSR count). The zero-order chi connectivity index (χ0) is 13.7. The van der Waals surface area contributed by atoms with Crippen LogP contribution in [0.5, 0.6) is 0 Å². The molecule has 0 bridgehead atoms. The Morgan fingerprint density at radius 1 is 1.33 bits per heavy atom. The van der Waals surface area contributed by atoms with E-state index in [9.17, 15) is 4.79 Å². The molecule has 1 N–H and O–H groups in total. The van der Waals surface area contributed by atoms with E-state index in [0.717, 1.165) is 12.8 Å². The van der Waals surface area contributed by atoms with Gasteiger partial charge in [0.05, 0.1) is 24.9 Å². The van der Waals surface area contributed by atoms with Crippen LogP contribution in [0.25, 0.3) is 0 Å². The molecular formula is C14H28N2O2. The van der Waals surface area contributed by atoms with Crippen LogP contribution in [0, 0.1) is 5.92 Å². The first-order valence-electron chi connectivity index (χ1n) is 7.19. The monoisotopic (exact) mass is 256 g/mol. The smallest absolute Gasteiger partial charge is 0.241 e. The molecule has 0 aromatic heterocycles. The van der Waals surface area contributed by atoms with Crippen molar-refractivity contribution in [1.82, 2.24) is 10.2 Å². The van der Waals surface area contributed by atoms with Crippen LogP contribution in [0.4, 0.5) is 0 Å². The molecule has 18 heavy (non-hydrogen) atoms. The molecule has 1 aliphatic rings. The fourth-order valence-corrected chi connectivity index (χ4v) is 2.34. The SMILES string of the molecule is CCC(C)C1NC(CC)N(CCOC(C)C)C1=O. The molecule has 0 aromatic rings. The lowest BCUT2D eigenvalue weighted by Gasteiger charge is -2.23. The Kier molecular flexibility index (Phi) is 6.09. The summed E-state index contributed by atoms with van der Waals surface area (Å²) in [6.45, 7) is 11.7. The molecule has 4 nitrogen and oxygen atoms in total. The number of carbonyl (C=O) groups excluding carboxylic acids is 1. The number of nitrogens with zero attached hydrogens (tertiary/aromatic N) is 1. The van der Waals surface area contributed by atoms with E-state index >= 15 is 0 Å². The molecule has 1 heterocycles. The summed E-state index contributed by atoms with van der Waals surface area (Å²) in [7, 11) is 0. The third-order valence-electron chi connectivity index (χ3n) is 3.68. The van der Waals surface area contributed by atoms with E-state index in [1.165, 1.54) is 0 Å². The lowest BCUT2D eigenvalue weighted by Crippen LogP contribution is -2.39. The maximum absolute atomic E-state index is 12.4. The topological polar surface area (TPSA) is 41.6 Å². The van der Waals surface area contributed by atoms with E-state index < -0.39 is 0 Å². The van der Waals surface area contributed by atoms with Gasteiger partial charge in [-0.25, -0.2) is 0 Å². The van der Waals surface area contributed by atoms with Crippen LogP contribution in [-0.2, 0) is 9.53 Å². The predicted molar refractivity (Wildman–Crippen MR) is 73.3 cm³/mol. The Labute approximate surface area is 111 Å². The van der Waals surface area contributed by atoms with Gasteiger partial charge < -0.3 is 9.64 Å². The van der Waals surface area contributed by atoms with Crippen molar-refractivity contribution in [2.75, 3.05) is 13.2 Å². The average molecular weight is 256 g/mol. The first kappa shape index (κ1) is 15.4. The molecule has 0 saturated carbocycles. The highest BCUT2D eigenvalue weighted by atomic mass is 16.5. The standard InChI is InChI=1S/C14H28N2O2/c1-6-11(5)13-14(17)16(12(7-2)15-13)8-9-18-10(3)4/h10-13,15H,6-9H2,1-5H3. The minimum atomic E-state index is -0.0148. The van der Waals surface area contributed by atoms with Crippen LogP contribution >= 0.6 is 0 Å². The fourth-order valence-electron chi connectivity index (χ4n) is 2.34. The molecule has 0 spiro atoms. The average Bonchev–Trinajstić information content (AvgIpc) is 2.65. The highest BCUT2D eigenvalue weighted by Crippen LogP contribution is 2.20. The van der Waals surface area contributed by atoms with Crippen molar-refractivity contribution in [3.63, 3.8) is 0 Å². The fraction of sp³-hybridized carbons (Fsp3) is 0.929. The number of nitrogens with one attached hydrogen (secondary N) is 1. The number of carbonyl (C=O) groups is 1. The molecule has 3 atom stereocenters. The maximum atomic E-state index is 12.4. The molecule has 0 aromatic carbocycles. The molecule has 1 saturated heterocycles. The lowest BCUT2D eigenvalue weighted by atomic mass is 9.99. The molecular weight excluding hydrogens is 228 g/mol. The Bertz CT molecular complexity index is 269. The van der Waals surface area contributed by atoms with E-state index in [0.29, 0.717) is 19.1 Å². The second-order valence-corrected chi connectivity index (χ2v) is 5.41. The van der Waals surface area contributed by atoms with Gasteiger partial charge in [0, 0.05) is 6.54 Å². The molecule has 0 aliphatic carbocycles. The summed E-state index contributed by atoms with van der Waals surface area (Å²) in [6, 6.07) is -0.0148. The van der Waals surface area contributed by atoms with Crippen LogP contribution in [0.15, 0.2) is 0 Å². The van der Waals surface area contributed by atoms with Crippen molar-refractivity contribution in [2.45, 2.75) is 65.8 Å². The van der Waals surface area contributed by atoms with E-state index in [2.05, 4.69) is 26.1 Å². The molecule has 1 aliphatic heterocycles. The van der Waals surface area contributed by atoms with E-state index in [4.69, 9.17) is 4.74 Å². The quantitative estimate of drug-likeness (QED) is 0.757. The van der Waals surface area contributed by atoms with E-state index in [1.807, 2.05) is 18.7 Å². The van der Waals surface area contributed by atoms with E-state index in [1.54, 1.807) is 0 Å². The second kappa shape index (κ2) is 7.10. The van der Waals surface area contributed by atoms with Crippen molar-refractivity contribution in [2.24, 2.45) is 5.92 Å². The highest BCUT2D eigenvalue weighted by Gasteiger charge is 2.39. The first-order chi connectivity index (χ1) is 8.51.